The molecule has 2 atom stereocenters. The van der Waals surface area contributed by atoms with Crippen molar-refractivity contribution >= 4 is 40.0 Å². The van der Waals surface area contributed by atoms with E-state index in [-0.39, 0.29) is 42.9 Å². The van der Waals surface area contributed by atoms with Gasteiger partial charge in [0.05, 0.1) is 12.2 Å². The molecule has 160 valence electrons. The SMILES string of the molecule is CN=C(NCC1CCN(S(C)(=O)=O)CC1)NC1CCCC(C(F)(F)F)C1.I. The van der Waals surface area contributed by atoms with Crippen LogP contribution in [0, 0.1) is 11.8 Å². The molecule has 0 radical (unpaired) electrons. The van der Waals surface area contributed by atoms with Gasteiger partial charge < -0.3 is 10.6 Å². The first-order chi connectivity index (χ1) is 12.1. The number of nitrogens with zero attached hydrogens (tertiary/aromatic N) is 2. The third-order valence-electron chi connectivity index (χ3n) is 5.30. The molecule has 2 fully saturated rings. The van der Waals surface area contributed by atoms with Gasteiger partial charge in [0, 0.05) is 32.7 Å². The number of aliphatic imine (C=N–C) groups is 1. The second-order valence-corrected chi connectivity index (χ2v) is 9.29. The van der Waals surface area contributed by atoms with Crippen LogP contribution in [0.5, 0.6) is 0 Å². The van der Waals surface area contributed by atoms with E-state index in [4.69, 9.17) is 0 Å². The first kappa shape index (κ1) is 24.7. The molecule has 0 bridgehead atoms. The molecule has 2 aliphatic rings. The molecule has 6 nitrogen and oxygen atoms in total. The summed E-state index contributed by atoms with van der Waals surface area (Å²) < 4.78 is 63.3. The van der Waals surface area contributed by atoms with Gasteiger partial charge in [0.2, 0.25) is 10.0 Å². The molecule has 1 aliphatic carbocycles. The highest BCUT2D eigenvalue weighted by molar-refractivity contribution is 14.0. The molecule has 27 heavy (non-hydrogen) atoms. The van der Waals surface area contributed by atoms with Crippen LogP contribution >= 0.6 is 24.0 Å². The van der Waals surface area contributed by atoms with E-state index in [1.807, 2.05) is 0 Å². The lowest BCUT2D eigenvalue weighted by atomic mass is 9.85. The first-order valence-electron chi connectivity index (χ1n) is 9.08. The zero-order chi connectivity index (χ0) is 19.4. The molecule has 1 heterocycles. The van der Waals surface area contributed by atoms with Crippen LogP contribution in [-0.4, -0.2) is 63.8 Å². The Kier molecular flexibility index (Phi) is 9.59. The van der Waals surface area contributed by atoms with Crippen LogP contribution in [0.25, 0.3) is 0 Å². The van der Waals surface area contributed by atoms with Gasteiger partial charge in [-0.05, 0) is 38.0 Å². The fourth-order valence-corrected chi connectivity index (χ4v) is 4.57. The fraction of sp³-hybridized carbons (Fsp3) is 0.938. The van der Waals surface area contributed by atoms with E-state index in [9.17, 15) is 21.6 Å². The van der Waals surface area contributed by atoms with Crippen molar-refractivity contribution in [3.8, 4) is 0 Å². The summed E-state index contributed by atoms with van der Waals surface area (Å²) in [7, 11) is -1.53. The Morgan fingerprint density at radius 3 is 2.33 bits per heavy atom. The van der Waals surface area contributed by atoms with E-state index < -0.39 is 22.1 Å². The predicted octanol–water partition coefficient (Wildman–Crippen LogP) is 2.56. The number of alkyl halides is 3. The Morgan fingerprint density at radius 2 is 1.81 bits per heavy atom. The van der Waals surface area contributed by atoms with Gasteiger partial charge in [-0.25, -0.2) is 12.7 Å². The minimum atomic E-state index is -4.13. The molecule has 1 saturated heterocycles. The maximum absolute atomic E-state index is 12.9. The summed E-state index contributed by atoms with van der Waals surface area (Å²) in [5.74, 6) is -0.406. The van der Waals surface area contributed by atoms with E-state index in [1.54, 1.807) is 7.05 Å². The van der Waals surface area contributed by atoms with Crippen LogP contribution in [0.3, 0.4) is 0 Å². The van der Waals surface area contributed by atoms with Crippen molar-refractivity contribution in [1.82, 2.24) is 14.9 Å². The molecule has 0 spiro atoms. The van der Waals surface area contributed by atoms with Crippen LogP contribution in [-0.2, 0) is 10.0 Å². The van der Waals surface area contributed by atoms with E-state index in [0.29, 0.717) is 44.4 Å². The van der Waals surface area contributed by atoms with Gasteiger partial charge in [-0.1, -0.05) is 6.42 Å². The Hall–Kier alpha value is -0.300. The molecule has 0 aromatic carbocycles. The quantitative estimate of drug-likeness (QED) is 0.336. The van der Waals surface area contributed by atoms with Crippen molar-refractivity contribution in [3.63, 3.8) is 0 Å². The molecule has 0 aromatic rings. The molecular weight excluding hydrogens is 496 g/mol. The number of guanidine groups is 1. The van der Waals surface area contributed by atoms with Crippen molar-refractivity contribution in [2.75, 3.05) is 32.9 Å². The van der Waals surface area contributed by atoms with Gasteiger partial charge in [-0.2, -0.15) is 13.2 Å². The monoisotopic (exact) mass is 526 g/mol. The topological polar surface area (TPSA) is 73.8 Å². The standard InChI is InChI=1S/C16H29F3N4O2S.HI/c1-20-15(22-14-5-3-4-13(10-14)16(17,18)19)21-11-12-6-8-23(9-7-12)26(2,24)25;/h12-14H,3-11H2,1-2H3,(H2,20,21,22);1H. The van der Waals surface area contributed by atoms with Gasteiger partial charge in [0.1, 0.15) is 0 Å². The van der Waals surface area contributed by atoms with Gasteiger partial charge in [-0.15, -0.1) is 24.0 Å². The van der Waals surface area contributed by atoms with Crippen molar-refractivity contribution in [3.05, 3.63) is 0 Å². The molecule has 1 saturated carbocycles. The summed E-state index contributed by atoms with van der Waals surface area (Å²) in [5.41, 5.74) is 0. The Labute approximate surface area is 176 Å². The second-order valence-electron chi connectivity index (χ2n) is 7.30. The third kappa shape index (κ3) is 7.92. The molecule has 0 aromatic heterocycles. The van der Waals surface area contributed by atoms with Crippen LogP contribution < -0.4 is 10.6 Å². The van der Waals surface area contributed by atoms with Crippen LogP contribution in [0.15, 0.2) is 4.99 Å². The zero-order valence-corrected chi connectivity index (χ0v) is 18.9. The molecule has 2 N–H and O–H groups in total. The smallest absolute Gasteiger partial charge is 0.356 e. The van der Waals surface area contributed by atoms with E-state index in [0.717, 1.165) is 12.8 Å². The Balaban J connectivity index is 0.00000364. The van der Waals surface area contributed by atoms with Gasteiger partial charge in [0.25, 0.3) is 0 Å². The lowest BCUT2D eigenvalue weighted by molar-refractivity contribution is -0.183. The number of rotatable bonds is 4. The predicted molar refractivity (Wildman–Crippen MR) is 111 cm³/mol. The van der Waals surface area contributed by atoms with Crippen molar-refractivity contribution in [2.45, 2.75) is 50.7 Å². The van der Waals surface area contributed by atoms with Gasteiger partial charge in [-0.3, -0.25) is 4.99 Å². The molecule has 2 unspecified atom stereocenters. The van der Waals surface area contributed by atoms with Crippen molar-refractivity contribution < 1.29 is 21.6 Å². The molecular formula is C16H30F3IN4O2S. The number of sulfonamides is 1. The summed E-state index contributed by atoms with van der Waals surface area (Å²) >= 11 is 0. The summed E-state index contributed by atoms with van der Waals surface area (Å²) in [6.07, 6.45) is 0.153. The molecule has 11 heteroatoms. The molecule has 0 amide bonds. The van der Waals surface area contributed by atoms with Crippen LogP contribution in [0.2, 0.25) is 0 Å². The largest absolute Gasteiger partial charge is 0.391 e. The Morgan fingerprint density at radius 1 is 1.19 bits per heavy atom. The van der Waals surface area contributed by atoms with E-state index in [1.165, 1.54) is 10.6 Å². The third-order valence-corrected chi connectivity index (χ3v) is 6.61. The summed E-state index contributed by atoms with van der Waals surface area (Å²) in [5, 5.41) is 6.30. The van der Waals surface area contributed by atoms with Crippen LogP contribution in [0.4, 0.5) is 13.2 Å². The zero-order valence-electron chi connectivity index (χ0n) is 15.8. The lowest BCUT2D eigenvalue weighted by Gasteiger charge is -2.33. The lowest BCUT2D eigenvalue weighted by Crippen LogP contribution is -2.48. The minimum absolute atomic E-state index is 0. The fourth-order valence-electron chi connectivity index (χ4n) is 3.69. The highest BCUT2D eigenvalue weighted by Gasteiger charge is 2.42. The van der Waals surface area contributed by atoms with Crippen molar-refractivity contribution in [1.29, 1.82) is 0 Å². The average molecular weight is 526 g/mol. The summed E-state index contributed by atoms with van der Waals surface area (Å²) in [6.45, 7) is 1.65. The minimum Gasteiger partial charge on any atom is -0.356 e. The van der Waals surface area contributed by atoms with Gasteiger partial charge >= 0.3 is 6.18 Å². The number of piperidine rings is 1. The Bertz CT molecular complexity index is 593. The normalized spacial score (nSPS) is 26.3. The number of halogens is 4. The summed E-state index contributed by atoms with van der Waals surface area (Å²) in [4.78, 5) is 4.11. The number of hydrogen-bond acceptors (Lipinski definition) is 3. The molecule has 2 rings (SSSR count). The number of nitrogens with one attached hydrogen (secondary N) is 2. The first-order valence-corrected chi connectivity index (χ1v) is 10.9. The van der Waals surface area contributed by atoms with E-state index in [2.05, 4.69) is 15.6 Å². The average Bonchev–Trinajstić information content (AvgIpc) is 2.57. The number of hydrogen-bond donors (Lipinski definition) is 2. The van der Waals surface area contributed by atoms with Crippen molar-refractivity contribution in [2.24, 2.45) is 16.8 Å². The summed E-state index contributed by atoms with van der Waals surface area (Å²) in [6, 6.07) is -0.228. The maximum Gasteiger partial charge on any atom is 0.391 e. The van der Waals surface area contributed by atoms with E-state index >= 15 is 0 Å². The highest BCUT2D eigenvalue weighted by atomic mass is 127. The molecule has 1 aliphatic heterocycles. The van der Waals surface area contributed by atoms with Crippen LogP contribution in [0.1, 0.15) is 38.5 Å². The maximum atomic E-state index is 12.9. The second kappa shape index (κ2) is 10.5. The highest BCUT2D eigenvalue weighted by Crippen LogP contribution is 2.37. The van der Waals surface area contributed by atoms with Gasteiger partial charge in [0.15, 0.2) is 5.96 Å².